The van der Waals surface area contributed by atoms with Gasteiger partial charge in [-0.2, -0.15) is 0 Å². The van der Waals surface area contributed by atoms with Crippen LogP contribution in [0.5, 0.6) is 0 Å². The molecule has 3 aromatic rings. The van der Waals surface area contributed by atoms with Crippen molar-refractivity contribution in [1.29, 1.82) is 0 Å². The van der Waals surface area contributed by atoms with E-state index in [2.05, 4.69) is 6.92 Å². The first-order valence-electron chi connectivity index (χ1n) is 12.8. The van der Waals surface area contributed by atoms with Crippen LogP contribution >= 0.6 is 0 Å². The van der Waals surface area contributed by atoms with Gasteiger partial charge in [0.15, 0.2) is 11.3 Å². The number of fused-ring (bicyclic) bond motifs is 1. The molecular formula is C29H34FN3O4. The zero-order valence-corrected chi connectivity index (χ0v) is 22.4. The highest BCUT2D eigenvalue weighted by molar-refractivity contribution is 5.97. The number of benzene rings is 1. The molecule has 1 saturated carbocycles. The Bertz CT molecular complexity index is 1370. The number of rotatable bonds is 3. The predicted octanol–water partition coefficient (Wildman–Crippen LogP) is 6.16. The average molecular weight is 508 g/mol. The van der Waals surface area contributed by atoms with Crippen molar-refractivity contribution in [1.82, 2.24) is 14.8 Å². The number of furan rings is 1. The molecule has 0 radical (unpaired) electrons. The Morgan fingerprint density at radius 2 is 1.73 bits per heavy atom. The predicted molar refractivity (Wildman–Crippen MR) is 139 cm³/mol. The number of carbonyl (C=O) groups is 2. The summed E-state index contributed by atoms with van der Waals surface area (Å²) in [6.45, 7) is 12.7. The molecule has 7 nitrogen and oxygen atoms in total. The Morgan fingerprint density at radius 3 is 2.32 bits per heavy atom. The van der Waals surface area contributed by atoms with Gasteiger partial charge in [-0.05, 0) is 83.2 Å². The molecule has 1 aliphatic heterocycles. The quantitative estimate of drug-likeness (QED) is 0.425. The summed E-state index contributed by atoms with van der Waals surface area (Å²) in [6.07, 6.45) is 1.67. The lowest BCUT2D eigenvalue weighted by Gasteiger charge is -2.46. The number of aromatic nitrogens is 1. The Balaban J connectivity index is 1.45. The van der Waals surface area contributed by atoms with Crippen LogP contribution in [0.1, 0.15) is 70.5 Å². The van der Waals surface area contributed by atoms with Crippen LogP contribution in [-0.2, 0) is 10.2 Å². The zero-order valence-electron chi connectivity index (χ0n) is 22.4. The molecule has 3 heterocycles. The topological polar surface area (TPSA) is 75.9 Å². The highest BCUT2D eigenvalue weighted by Gasteiger charge is 2.43. The molecule has 196 valence electrons. The summed E-state index contributed by atoms with van der Waals surface area (Å²) in [5.74, 6) is -0.310. The number of pyridine rings is 1. The molecule has 1 saturated heterocycles. The van der Waals surface area contributed by atoms with E-state index >= 15 is 0 Å². The maximum atomic E-state index is 13.7. The maximum Gasteiger partial charge on any atom is 0.410 e. The number of hydrogen-bond donors (Lipinski definition) is 0. The van der Waals surface area contributed by atoms with Crippen LogP contribution in [0, 0.1) is 5.82 Å². The lowest BCUT2D eigenvalue weighted by atomic mass is 9.96. The molecule has 2 fully saturated rings. The van der Waals surface area contributed by atoms with E-state index in [1.54, 1.807) is 28.0 Å². The van der Waals surface area contributed by atoms with Gasteiger partial charge < -0.3 is 19.0 Å². The smallest absolute Gasteiger partial charge is 0.410 e. The monoisotopic (exact) mass is 507 g/mol. The minimum atomic E-state index is -0.622. The van der Waals surface area contributed by atoms with E-state index in [4.69, 9.17) is 14.1 Å². The summed E-state index contributed by atoms with van der Waals surface area (Å²) in [5.41, 5.74) is 2.54. The number of piperazine rings is 1. The first kappa shape index (κ1) is 25.2. The Hall–Kier alpha value is -3.42. The van der Waals surface area contributed by atoms with Gasteiger partial charge in [-0.15, -0.1) is 0 Å². The van der Waals surface area contributed by atoms with Gasteiger partial charge in [0.2, 0.25) is 0 Å². The Kier molecular flexibility index (Phi) is 5.84. The van der Waals surface area contributed by atoms with Gasteiger partial charge in [-0.1, -0.05) is 6.92 Å². The van der Waals surface area contributed by atoms with Crippen molar-refractivity contribution >= 4 is 23.1 Å². The second kappa shape index (κ2) is 8.57. The average Bonchev–Trinajstić information content (AvgIpc) is 3.40. The fourth-order valence-electron chi connectivity index (χ4n) is 4.95. The van der Waals surface area contributed by atoms with Crippen molar-refractivity contribution in [2.45, 2.75) is 70.9 Å². The van der Waals surface area contributed by atoms with Crippen molar-refractivity contribution < 1.29 is 23.1 Å². The van der Waals surface area contributed by atoms with Crippen LogP contribution < -0.4 is 0 Å². The zero-order chi connectivity index (χ0) is 26.8. The summed E-state index contributed by atoms with van der Waals surface area (Å²) in [6, 6.07) is 9.97. The maximum absolute atomic E-state index is 13.7. The first-order valence-corrected chi connectivity index (χ1v) is 12.8. The first-order chi connectivity index (χ1) is 17.3. The number of nitrogens with zero attached hydrogens (tertiary/aromatic N) is 3. The van der Waals surface area contributed by atoms with Gasteiger partial charge in [-0.25, -0.2) is 14.2 Å². The fraction of sp³-hybridized carbons (Fsp3) is 0.483. The lowest BCUT2D eigenvalue weighted by molar-refractivity contribution is -0.0117. The molecule has 0 N–H and O–H groups in total. The molecule has 2 aliphatic rings. The minimum Gasteiger partial charge on any atom is -0.449 e. The molecule has 0 spiro atoms. The van der Waals surface area contributed by atoms with E-state index in [1.807, 2.05) is 40.7 Å². The number of ether oxygens (including phenoxy) is 1. The summed E-state index contributed by atoms with van der Waals surface area (Å²) in [4.78, 5) is 34.5. The summed E-state index contributed by atoms with van der Waals surface area (Å²) < 4.78 is 25.2. The van der Waals surface area contributed by atoms with Crippen molar-refractivity contribution in [3.63, 3.8) is 0 Å². The number of carbonyl (C=O) groups excluding carboxylic acids is 2. The van der Waals surface area contributed by atoms with Gasteiger partial charge in [0.1, 0.15) is 16.9 Å². The van der Waals surface area contributed by atoms with Crippen molar-refractivity contribution in [3.8, 4) is 11.3 Å². The van der Waals surface area contributed by atoms with Crippen LogP contribution in [0.25, 0.3) is 22.4 Å². The van der Waals surface area contributed by atoms with E-state index in [-0.39, 0.29) is 29.0 Å². The van der Waals surface area contributed by atoms with Crippen molar-refractivity contribution in [2.75, 3.05) is 19.6 Å². The van der Waals surface area contributed by atoms with Gasteiger partial charge in [-0.3, -0.25) is 4.79 Å². The SMILES string of the molecule is CC(C)(C)OC(=O)N1CCN(C(=O)c2cc3nc(-c4ccc(F)cc4)cc(C4(C)CC4)c3o2)C(C)(C)C1. The molecule has 2 aromatic heterocycles. The molecule has 1 aromatic carbocycles. The highest BCUT2D eigenvalue weighted by Crippen LogP contribution is 2.50. The van der Waals surface area contributed by atoms with Crippen LogP contribution in [-0.4, -0.2) is 57.6 Å². The van der Waals surface area contributed by atoms with E-state index in [9.17, 15) is 14.0 Å². The fourth-order valence-corrected chi connectivity index (χ4v) is 4.95. The third-order valence-corrected chi connectivity index (χ3v) is 7.28. The highest BCUT2D eigenvalue weighted by atomic mass is 19.1. The largest absolute Gasteiger partial charge is 0.449 e. The third-order valence-electron chi connectivity index (χ3n) is 7.28. The van der Waals surface area contributed by atoms with Crippen LogP contribution in [0.2, 0.25) is 0 Å². The minimum absolute atomic E-state index is 0.0353. The Labute approximate surface area is 216 Å². The van der Waals surface area contributed by atoms with Crippen molar-refractivity contribution in [2.24, 2.45) is 0 Å². The molecule has 0 atom stereocenters. The molecule has 0 bridgehead atoms. The summed E-state index contributed by atoms with van der Waals surface area (Å²) in [7, 11) is 0. The molecule has 1 aliphatic carbocycles. The summed E-state index contributed by atoms with van der Waals surface area (Å²) >= 11 is 0. The molecular weight excluding hydrogens is 473 g/mol. The second-order valence-electron chi connectivity index (χ2n) is 12.1. The van der Waals surface area contributed by atoms with Crippen LogP contribution in [0.15, 0.2) is 40.8 Å². The molecule has 5 rings (SSSR count). The van der Waals surface area contributed by atoms with Crippen LogP contribution in [0.3, 0.4) is 0 Å². The number of hydrogen-bond acceptors (Lipinski definition) is 5. The lowest BCUT2D eigenvalue weighted by Crippen LogP contribution is -2.62. The van der Waals surface area contributed by atoms with Crippen LogP contribution in [0.4, 0.5) is 9.18 Å². The van der Waals surface area contributed by atoms with Gasteiger partial charge in [0.25, 0.3) is 5.91 Å². The molecule has 2 amide bonds. The van der Waals surface area contributed by atoms with E-state index in [0.717, 1.165) is 29.7 Å². The third kappa shape index (κ3) is 4.93. The summed E-state index contributed by atoms with van der Waals surface area (Å²) in [5, 5.41) is 0. The molecule has 0 unspecified atom stereocenters. The van der Waals surface area contributed by atoms with E-state index < -0.39 is 11.1 Å². The van der Waals surface area contributed by atoms with E-state index in [1.165, 1.54) is 12.1 Å². The van der Waals surface area contributed by atoms with Gasteiger partial charge in [0, 0.05) is 36.8 Å². The molecule has 37 heavy (non-hydrogen) atoms. The molecule has 8 heteroatoms. The van der Waals surface area contributed by atoms with Gasteiger partial charge in [0.05, 0.1) is 11.2 Å². The van der Waals surface area contributed by atoms with Gasteiger partial charge >= 0.3 is 6.09 Å². The number of halogens is 1. The van der Waals surface area contributed by atoms with E-state index in [0.29, 0.717) is 30.7 Å². The standard InChI is InChI=1S/C29H34FN3O4/c1-27(2,3)37-26(35)32-13-14-33(28(4,5)17-32)25(34)23-16-22-24(36-23)20(29(6)11-12-29)15-21(31-22)18-7-9-19(30)10-8-18/h7-10,15-16H,11-14,17H2,1-6H3. The van der Waals surface area contributed by atoms with Crippen molar-refractivity contribution in [3.05, 3.63) is 53.5 Å². The second-order valence-corrected chi connectivity index (χ2v) is 12.1. The number of amides is 2. The Morgan fingerprint density at radius 1 is 1.05 bits per heavy atom. The normalized spacial score (nSPS) is 18.7.